The molecule has 3 heteroatoms. The minimum absolute atomic E-state index is 0.0734. The van der Waals surface area contributed by atoms with E-state index in [1.807, 2.05) is 0 Å². The van der Waals surface area contributed by atoms with E-state index in [0.29, 0.717) is 12.2 Å². The fourth-order valence-electron chi connectivity index (χ4n) is 0.936. The van der Waals surface area contributed by atoms with Gasteiger partial charge in [0, 0.05) is 0 Å². The van der Waals surface area contributed by atoms with Crippen LogP contribution < -0.4 is 0 Å². The number of carbonyl (C=O) groups excluding carboxylic acids is 1. The summed E-state index contributed by atoms with van der Waals surface area (Å²) in [5.41, 5.74) is 0.777. The Morgan fingerprint density at radius 1 is 1.50 bits per heavy atom. The van der Waals surface area contributed by atoms with Crippen LogP contribution in [0.4, 0.5) is 0 Å². The van der Waals surface area contributed by atoms with Gasteiger partial charge < -0.3 is 4.42 Å². The molecular formula is C7H5NO2. The van der Waals surface area contributed by atoms with E-state index in [1.54, 1.807) is 6.08 Å². The molecule has 0 N–H and O–H groups in total. The Hall–Kier alpha value is -1.38. The zero-order valence-corrected chi connectivity index (χ0v) is 5.20. The first-order chi connectivity index (χ1) is 4.86. The van der Waals surface area contributed by atoms with Crippen molar-refractivity contribution in [3.8, 4) is 0 Å². The zero-order chi connectivity index (χ0) is 6.97. The number of rotatable bonds is 0. The molecule has 0 amide bonds. The lowest BCUT2D eigenvalue weighted by Crippen LogP contribution is -2.02. The lowest BCUT2D eigenvalue weighted by atomic mass is 10.1. The van der Waals surface area contributed by atoms with Gasteiger partial charge in [-0.3, -0.25) is 4.79 Å². The standard InChI is InChI=1S/C7H5NO2/c9-5-1-2-6-7(3-5)10-4-8-6/h1-2,4H,3H2. The molecule has 0 atom stereocenters. The molecule has 3 nitrogen and oxygen atoms in total. The SMILES string of the molecule is O=C1C=Cc2ncoc2C1. The van der Waals surface area contributed by atoms with Crippen molar-refractivity contribution in [3.05, 3.63) is 23.9 Å². The Morgan fingerprint density at radius 2 is 2.40 bits per heavy atom. The van der Waals surface area contributed by atoms with Crippen LogP contribution in [0, 0.1) is 0 Å². The highest BCUT2D eigenvalue weighted by atomic mass is 16.3. The van der Waals surface area contributed by atoms with Crippen molar-refractivity contribution in [2.24, 2.45) is 0 Å². The number of nitrogens with zero attached hydrogens (tertiary/aromatic N) is 1. The van der Waals surface area contributed by atoms with Crippen LogP contribution in [0.3, 0.4) is 0 Å². The molecule has 1 aliphatic rings. The molecule has 0 spiro atoms. The Bertz CT molecular complexity index is 298. The number of hydrogen-bond donors (Lipinski definition) is 0. The molecule has 0 bridgehead atoms. The zero-order valence-electron chi connectivity index (χ0n) is 5.20. The predicted octanol–water partition coefficient (Wildman–Crippen LogP) is 0.813. The van der Waals surface area contributed by atoms with Gasteiger partial charge in [-0.05, 0) is 12.2 Å². The van der Waals surface area contributed by atoms with E-state index >= 15 is 0 Å². The van der Waals surface area contributed by atoms with E-state index in [9.17, 15) is 4.79 Å². The van der Waals surface area contributed by atoms with Crippen LogP contribution in [-0.4, -0.2) is 10.8 Å². The molecule has 0 aliphatic heterocycles. The summed E-state index contributed by atoms with van der Waals surface area (Å²) in [4.78, 5) is 14.6. The highest BCUT2D eigenvalue weighted by Crippen LogP contribution is 2.14. The highest BCUT2D eigenvalue weighted by molar-refractivity contribution is 5.97. The maximum atomic E-state index is 10.7. The molecule has 0 radical (unpaired) electrons. The molecule has 0 aromatic carbocycles. The summed E-state index contributed by atoms with van der Waals surface area (Å²) in [6.07, 6.45) is 4.90. The van der Waals surface area contributed by atoms with Gasteiger partial charge in [0.1, 0.15) is 11.5 Å². The number of ketones is 1. The molecule has 1 aromatic rings. The number of oxazole rings is 1. The van der Waals surface area contributed by atoms with Gasteiger partial charge in [-0.15, -0.1) is 0 Å². The Balaban J connectivity index is 2.52. The number of fused-ring (bicyclic) bond motifs is 1. The Labute approximate surface area is 57.4 Å². The van der Waals surface area contributed by atoms with Gasteiger partial charge in [-0.1, -0.05) is 0 Å². The van der Waals surface area contributed by atoms with Crippen molar-refractivity contribution in [1.29, 1.82) is 0 Å². The molecular weight excluding hydrogens is 130 g/mol. The first-order valence-corrected chi connectivity index (χ1v) is 2.99. The van der Waals surface area contributed by atoms with E-state index in [0.717, 1.165) is 5.69 Å². The second-order valence-electron chi connectivity index (χ2n) is 2.14. The fraction of sp³-hybridized carbons (Fsp3) is 0.143. The van der Waals surface area contributed by atoms with Crippen LogP contribution in [0.5, 0.6) is 0 Å². The minimum atomic E-state index is 0.0734. The average molecular weight is 135 g/mol. The first-order valence-electron chi connectivity index (χ1n) is 2.99. The number of carbonyl (C=O) groups is 1. The predicted molar refractivity (Wildman–Crippen MR) is 34.2 cm³/mol. The summed E-state index contributed by atoms with van der Waals surface area (Å²) >= 11 is 0. The van der Waals surface area contributed by atoms with E-state index in [1.165, 1.54) is 12.5 Å². The summed E-state index contributed by atoms with van der Waals surface area (Å²) in [6.45, 7) is 0. The van der Waals surface area contributed by atoms with Gasteiger partial charge in [0.25, 0.3) is 0 Å². The van der Waals surface area contributed by atoms with Crippen molar-refractivity contribution in [2.75, 3.05) is 0 Å². The molecule has 10 heavy (non-hydrogen) atoms. The van der Waals surface area contributed by atoms with Crippen LogP contribution in [0.25, 0.3) is 6.08 Å². The van der Waals surface area contributed by atoms with Crippen LogP contribution >= 0.6 is 0 Å². The third-order valence-electron chi connectivity index (χ3n) is 1.43. The minimum Gasteiger partial charge on any atom is -0.447 e. The lowest BCUT2D eigenvalue weighted by Gasteiger charge is -1.97. The maximum Gasteiger partial charge on any atom is 0.181 e. The monoisotopic (exact) mass is 135 g/mol. The summed E-state index contributed by atoms with van der Waals surface area (Å²) in [5.74, 6) is 0.747. The summed E-state index contributed by atoms with van der Waals surface area (Å²) in [5, 5.41) is 0. The topological polar surface area (TPSA) is 43.1 Å². The normalized spacial score (nSPS) is 15.4. The van der Waals surface area contributed by atoms with Crippen LogP contribution in [0.15, 0.2) is 16.9 Å². The molecule has 0 unspecified atom stereocenters. The van der Waals surface area contributed by atoms with Crippen molar-refractivity contribution < 1.29 is 9.21 Å². The van der Waals surface area contributed by atoms with E-state index in [2.05, 4.69) is 4.98 Å². The van der Waals surface area contributed by atoms with E-state index in [4.69, 9.17) is 4.42 Å². The van der Waals surface area contributed by atoms with Crippen LogP contribution in [-0.2, 0) is 11.2 Å². The lowest BCUT2D eigenvalue weighted by molar-refractivity contribution is -0.114. The van der Waals surface area contributed by atoms with Gasteiger partial charge in [0.15, 0.2) is 12.2 Å². The molecule has 0 saturated heterocycles. The highest BCUT2D eigenvalue weighted by Gasteiger charge is 2.13. The Morgan fingerprint density at radius 3 is 3.30 bits per heavy atom. The van der Waals surface area contributed by atoms with Gasteiger partial charge in [0.2, 0.25) is 0 Å². The molecule has 1 heterocycles. The average Bonchev–Trinajstić information content (AvgIpc) is 2.33. The quantitative estimate of drug-likeness (QED) is 0.528. The van der Waals surface area contributed by atoms with E-state index < -0.39 is 0 Å². The molecule has 50 valence electrons. The largest absolute Gasteiger partial charge is 0.447 e. The molecule has 1 aliphatic carbocycles. The molecule has 0 fully saturated rings. The summed E-state index contributed by atoms with van der Waals surface area (Å²) in [7, 11) is 0. The van der Waals surface area contributed by atoms with Gasteiger partial charge in [-0.2, -0.15) is 0 Å². The van der Waals surface area contributed by atoms with Crippen molar-refractivity contribution >= 4 is 11.9 Å². The van der Waals surface area contributed by atoms with Crippen LogP contribution in [0.1, 0.15) is 11.5 Å². The third-order valence-corrected chi connectivity index (χ3v) is 1.43. The fourth-order valence-corrected chi connectivity index (χ4v) is 0.936. The second-order valence-corrected chi connectivity index (χ2v) is 2.14. The first kappa shape index (κ1) is 5.41. The second kappa shape index (κ2) is 1.80. The molecule has 0 saturated carbocycles. The number of aromatic nitrogens is 1. The van der Waals surface area contributed by atoms with Crippen LogP contribution in [0.2, 0.25) is 0 Å². The van der Waals surface area contributed by atoms with Crippen molar-refractivity contribution in [3.63, 3.8) is 0 Å². The van der Waals surface area contributed by atoms with Gasteiger partial charge in [-0.25, -0.2) is 4.98 Å². The number of allylic oxidation sites excluding steroid dienone is 1. The van der Waals surface area contributed by atoms with Crippen molar-refractivity contribution in [1.82, 2.24) is 4.98 Å². The summed E-state index contributed by atoms with van der Waals surface area (Å²) in [6, 6.07) is 0. The van der Waals surface area contributed by atoms with E-state index in [-0.39, 0.29) is 5.78 Å². The smallest absolute Gasteiger partial charge is 0.181 e. The Kier molecular flexibility index (Phi) is 0.974. The van der Waals surface area contributed by atoms with Gasteiger partial charge >= 0.3 is 0 Å². The van der Waals surface area contributed by atoms with Gasteiger partial charge in [0.05, 0.1) is 6.42 Å². The number of hydrogen-bond acceptors (Lipinski definition) is 3. The summed E-state index contributed by atoms with van der Waals surface area (Å²) < 4.78 is 4.94. The third kappa shape index (κ3) is 0.673. The maximum absolute atomic E-state index is 10.7. The molecule has 1 aromatic heterocycles. The molecule has 2 rings (SSSR count). The van der Waals surface area contributed by atoms with Crippen molar-refractivity contribution in [2.45, 2.75) is 6.42 Å².